The number of carbonyl (C=O) groups excluding carboxylic acids is 2. The SMILES string of the molecule is CNC(=O)[C@H](Cc1ccccc1)N(Cc1cccc(OC)c1)C(=O)CN(c1ccccc1Br)S(C)(=O)=O. The lowest BCUT2D eigenvalue weighted by atomic mass is 10.0. The molecular weight excluding hydrogens is 558 g/mol. The Hall–Kier alpha value is -3.37. The summed E-state index contributed by atoms with van der Waals surface area (Å²) in [6, 6.07) is 22.5. The lowest BCUT2D eigenvalue weighted by Gasteiger charge is -2.33. The molecule has 1 N–H and O–H groups in total. The fraction of sp³-hybridized carbons (Fsp3) is 0.259. The Morgan fingerprint density at radius 2 is 1.62 bits per heavy atom. The smallest absolute Gasteiger partial charge is 0.244 e. The Labute approximate surface area is 226 Å². The standard InChI is InChI=1S/C27H30BrN3O5S/c1-29-27(33)25(17-20-10-5-4-6-11-20)30(18-21-12-9-13-22(16-21)36-2)26(32)19-31(37(3,34)35)24-15-8-7-14-23(24)28/h4-16,25H,17-19H2,1-3H3,(H,29,33)/t25-/m0/s1. The van der Waals surface area contributed by atoms with Crippen LogP contribution in [0.25, 0.3) is 0 Å². The van der Waals surface area contributed by atoms with Gasteiger partial charge in [-0.25, -0.2) is 8.42 Å². The number of hydrogen-bond acceptors (Lipinski definition) is 5. The van der Waals surface area contributed by atoms with E-state index in [1.165, 1.54) is 11.9 Å². The van der Waals surface area contributed by atoms with E-state index in [0.29, 0.717) is 15.9 Å². The summed E-state index contributed by atoms with van der Waals surface area (Å²) in [4.78, 5) is 28.4. The minimum Gasteiger partial charge on any atom is -0.497 e. The number of carbonyl (C=O) groups is 2. The predicted octanol–water partition coefficient (Wildman–Crippen LogP) is 3.61. The van der Waals surface area contributed by atoms with Crippen LogP contribution in [0.4, 0.5) is 5.69 Å². The van der Waals surface area contributed by atoms with Crippen molar-refractivity contribution in [3.8, 4) is 5.75 Å². The van der Waals surface area contributed by atoms with Crippen molar-refractivity contribution in [3.63, 3.8) is 0 Å². The number of methoxy groups -OCH3 is 1. The molecule has 0 aliphatic heterocycles. The van der Waals surface area contributed by atoms with E-state index in [4.69, 9.17) is 4.74 Å². The van der Waals surface area contributed by atoms with Gasteiger partial charge in [-0.1, -0.05) is 54.6 Å². The molecule has 3 rings (SSSR count). The third-order valence-corrected chi connectivity index (χ3v) is 7.60. The fourth-order valence-corrected chi connectivity index (χ4v) is 5.41. The van der Waals surface area contributed by atoms with Crippen molar-refractivity contribution in [3.05, 3.63) is 94.5 Å². The maximum atomic E-state index is 13.9. The Bertz CT molecular complexity index is 1330. The van der Waals surface area contributed by atoms with Crippen LogP contribution < -0.4 is 14.4 Å². The highest BCUT2D eigenvalue weighted by Gasteiger charge is 2.33. The van der Waals surface area contributed by atoms with Gasteiger partial charge in [0, 0.05) is 24.5 Å². The summed E-state index contributed by atoms with van der Waals surface area (Å²) in [5.41, 5.74) is 1.94. The van der Waals surface area contributed by atoms with Gasteiger partial charge in [0.1, 0.15) is 18.3 Å². The first-order valence-electron chi connectivity index (χ1n) is 11.5. The van der Waals surface area contributed by atoms with Gasteiger partial charge in [0.05, 0.1) is 19.1 Å². The van der Waals surface area contributed by atoms with Gasteiger partial charge in [-0.05, 0) is 51.3 Å². The average molecular weight is 589 g/mol. The van der Waals surface area contributed by atoms with Crippen molar-refractivity contribution in [2.45, 2.75) is 19.0 Å². The van der Waals surface area contributed by atoms with Crippen LogP contribution in [0, 0.1) is 0 Å². The fourth-order valence-electron chi connectivity index (χ4n) is 3.94. The number of nitrogens with zero attached hydrogens (tertiary/aromatic N) is 2. The van der Waals surface area contributed by atoms with Gasteiger partial charge in [0.15, 0.2) is 0 Å². The molecule has 10 heteroatoms. The number of sulfonamides is 1. The van der Waals surface area contributed by atoms with Crippen LogP contribution in [-0.4, -0.2) is 58.1 Å². The predicted molar refractivity (Wildman–Crippen MR) is 148 cm³/mol. The number of rotatable bonds is 11. The molecule has 0 aliphatic carbocycles. The molecule has 0 fully saturated rings. The molecule has 0 saturated heterocycles. The molecule has 0 radical (unpaired) electrons. The van der Waals surface area contributed by atoms with Gasteiger partial charge in [-0.15, -0.1) is 0 Å². The van der Waals surface area contributed by atoms with Crippen molar-refractivity contribution < 1.29 is 22.7 Å². The normalized spacial score (nSPS) is 11.9. The molecule has 0 saturated carbocycles. The van der Waals surface area contributed by atoms with Gasteiger partial charge in [-0.3, -0.25) is 13.9 Å². The van der Waals surface area contributed by atoms with E-state index < -0.39 is 28.5 Å². The van der Waals surface area contributed by atoms with Crippen LogP contribution in [0.1, 0.15) is 11.1 Å². The molecule has 0 spiro atoms. The maximum Gasteiger partial charge on any atom is 0.244 e. The molecule has 1 atom stereocenters. The van der Waals surface area contributed by atoms with Crippen LogP contribution in [0.3, 0.4) is 0 Å². The maximum absolute atomic E-state index is 13.9. The van der Waals surface area contributed by atoms with E-state index in [1.54, 1.807) is 49.6 Å². The highest BCUT2D eigenvalue weighted by atomic mass is 79.9. The van der Waals surface area contributed by atoms with Crippen molar-refractivity contribution in [2.75, 3.05) is 31.3 Å². The molecule has 3 aromatic rings. The summed E-state index contributed by atoms with van der Waals surface area (Å²) in [5.74, 6) is -0.268. The molecule has 8 nitrogen and oxygen atoms in total. The monoisotopic (exact) mass is 587 g/mol. The number of nitrogens with one attached hydrogen (secondary N) is 1. The molecule has 0 aromatic heterocycles. The van der Waals surface area contributed by atoms with Gasteiger partial charge < -0.3 is 15.0 Å². The highest BCUT2D eigenvalue weighted by molar-refractivity contribution is 9.10. The van der Waals surface area contributed by atoms with E-state index in [2.05, 4.69) is 21.2 Å². The summed E-state index contributed by atoms with van der Waals surface area (Å²) >= 11 is 3.38. The largest absolute Gasteiger partial charge is 0.497 e. The summed E-state index contributed by atoms with van der Waals surface area (Å²) in [7, 11) is -0.767. The summed E-state index contributed by atoms with van der Waals surface area (Å²) < 4.78 is 32.4. The second-order valence-electron chi connectivity index (χ2n) is 8.41. The summed E-state index contributed by atoms with van der Waals surface area (Å²) in [6.07, 6.45) is 1.30. The number of halogens is 1. The Morgan fingerprint density at radius 1 is 0.973 bits per heavy atom. The second-order valence-corrected chi connectivity index (χ2v) is 11.2. The minimum absolute atomic E-state index is 0.0779. The summed E-state index contributed by atoms with van der Waals surface area (Å²) in [5, 5.41) is 2.66. The quantitative estimate of drug-likeness (QED) is 0.370. The van der Waals surface area contributed by atoms with E-state index in [-0.39, 0.29) is 18.9 Å². The zero-order chi connectivity index (χ0) is 27.0. The van der Waals surface area contributed by atoms with E-state index in [9.17, 15) is 18.0 Å². The Balaban J connectivity index is 2.04. The average Bonchev–Trinajstić information content (AvgIpc) is 2.89. The van der Waals surface area contributed by atoms with Crippen LogP contribution in [0.5, 0.6) is 5.75 Å². The molecule has 2 amide bonds. The number of benzene rings is 3. The van der Waals surface area contributed by atoms with Gasteiger partial charge >= 0.3 is 0 Å². The number of likely N-dealkylation sites (N-methyl/N-ethyl adjacent to an activating group) is 1. The number of hydrogen-bond donors (Lipinski definition) is 1. The van der Waals surface area contributed by atoms with Crippen LogP contribution in [0.2, 0.25) is 0 Å². The van der Waals surface area contributed by atoms with E-state index in [1.807, 2.05) is 36.4 Å². The molecule has 3 aromatic carbocycles. The third kappa shape index (κ3) is 7.56. The first-order valence-corrected chi connectivity index (χ1v) is 14.2. The zero-order valence-corrected chi connectivity index (χ0v) is 23.3. The van der Waals surface area contributed by atoms with Crippen molar-refractivity contribution in [1.29, 1.82) is 0 Å². The summed E-state index contributed by atoms with van der Waals surface area (Å²) in [6.45, 7) is -0.401. The molecule has 0 unspecified atom stereocenters. The first kappa shape index (κ1) is 28.2. The number of amides is 2. The molecule has 196 valence electrons. The van der Waals surface area contributed by atoms with Gasteiger partial charge in [0.2, 0.25) is 21.8 Å². The molecule has 0 bridgehead atoms. The van der Waals surface area contributed by atoms with Gasteiger partial charge in [0.25, 0.3) is 0 Å². The topological polar surface area (TPSA) is 96.0 Å². The van der Waals surface area contributed by atoms with Crippen LogP contribution in [0.15, 0.2) is 83.3 Å². The van der Waals surface area contributed by atoms with E-state index >= 15 is 0 Å². The lowest BCUT2D eigenvalue weighted by Crippen LogP contribution is -2.52. The molecule has 0 aliphatic rings. The number of ether oxygens (including phenoxy) is 1. The van der Waals surface area contributed by atoms with Crippen molar-refractivity contribution >= 4 is 43.5 Å². The minimum atomic E-state index is -3.83. The number of anilines is 1. The third-order valence-electron chi connectivity index (χ3n) is 5.80. The highest BCUT2D eigenvalue weighted by Crippen LogP contribution is 2.28. The second kappa shape index (κ2) is 12.7. The van der Waals surface area contributed by atoms with Gasteiger partial charge in [-0.2, -0.15) is 0 Å². The zero-order valence-electron chi connectivity index (χ0n) is 20.9. The van der Waals surface area contributed by atoms with Crippen LogP contribution >= 0.6 is 15.9 Å². The van der Waals surface area contributed by atoms with Crippen LogP contribution in [-0.2, 0) is 32.6 Å². The Morgan fingerprint density at radius 3 is 2.24 bits per heavy atom. The number of para-hydroxylation sites is 1. The lowest BCUT2D eigenvalue weighted by molar-refractivity contribution is -0.139. The van der Waals surface area contributed by atoms with Crippen molar-refractivity contribution in [1.82, 2.24) is 10.2 Å². The first-order chi connectivity index (χ1) is 17.6. The molecular formula is C27H30BrN3O5S. The molecule has 37 heavy (non-hydrogen) atoms. The van der Waals surface area contributed by atoms with Crippen molar-refractivity contribution in [2.24, 2.45) is 0 Å². The molecule has 0 heterocycles. The Kier molecular flexibility index (Phi) is 9.71. The van der Waals surface area contributed by atoms with E-state index in [0.717, 1.165) is 21.7 Å².